The van der Waals surface area contributed by atoms with E-state index in [1.807, 2.05) is 36.4 Å². The maximum Gasteiger partial charge on any atom is 0.248 e. The molecular formula is C28H31BrN2O6S. The first kappa shape index (κ1) is 29.2. The van der Waals surface area contributed by atoms with Crippen molar-refractivity contribution < 1.29 is 27.4 Å². The average molecular weight is 604 g/mol. The van der Waals surface area contributed by atoms with E-state index in [-0.39, 0.29) is 10.6 Å². The highest BCUT2D eigenvalue weighted by molar-refractivity contribution is 9.10. The Morgan fingerprint density at radius 3 is 2.29 bits per heavy atom. The number of amides is 1. The van der Waals surface area contributed by atoms with E-state index in [9.17, 15) is 13.2 Å². The number of hydrogen-bond acceptors (Lipinski definition) is 6. The highest BCUT2D eigenvalue weighted by Crippen LogP contribution is 2.37. The number of rotatable bonds is 12. The minimum Gasteiger partial charge on any atom is -0.495 e. The molecule has 0 saturated heterocycles. The summed E-state index contributed by atoms with van der Waals surface area (Å²) in [6.45, 7) is 4.59. The fourth-order valence-electron chi connectivity index (χ4n) is 3.71. The van der Waals surface area contributed by atoms with Crippen LogP contribution in [0.5, 0.6) is 17.2 Å². The predicted molar refractivity (Wildman–Crippen MR) is 152 cm³/mol. The Morgan fingerprint density at radius 2 is 1.66 bits per heavy atom. The predicted octanol–water partition coefficient (Wildman–Crippen LogP) is 5.73. The van der Waals surface area contributed by atoms with Gasteiger partial charge in [0.15, 0.2) is 11.5 Å². The number of ether oxygens (including phenoxy) is 3. The average Bonchev–Trinajstić information content (AvgIpc) is 2.92. The van der Waals surface area contributed by atoms with Gasteiger partial charge < -0.3 is 19.5 Å². The van der Waals surface area contributed by atoms with Crippen molar-refractivity contribution in [2.24, 2.45) is 0 Å². The van der Waals surface area contributed by atoms with Gasteiger partial charge >= 0.3 is 0 Å². The quantitative estimate of drug-likeness (QED) is 0.266. The van der Waals surface area contributed by atoms with Crippen LogP contribution in [0.4, 0.5) is 5.69 Å². The Bertz CT molecular complexity index is 1390. The van der Waals surface area contributed by atoms with E-state index in [0.29, 0.717) is 47.0 Å². The van der Waals surface area contributed by atoms with Gasteiger partial charge in [0.1, 0.15) is 12.4 Å². The second kappa shape index (κ2) is 13.5. The van der Waals surface area contributed by atoms with Gasteiger partial charge in [-0.25, -0.2) is 8.42 Å². The number of sulfonamides is 1. The molecule has 3 aromatic carbocycles. The van der Waals surface area contributed by atoms with Crippen molar-refractivity contribution in [1.29, 1.82) is 0 Å². The maximum absolute atomic E-state index is 12.9. The van der Waals surface area contributed by atoms with Crippen molar-refractivity contribution in [2.45, 2.75) is 25.3 Å². The van der Waals surface area contributed by atoms with Crippen molar-refractivity contribution >= 4 is 43.6 Å². The first-order valence-corrected chi connectivity index (χ1v) is 14.2. The number of methoxy groups -OCH3 is 2. The van der Waals surface area contributed by atoms with E-state index in [2.05, 4.69) is 21.2 Å². The van der Waals surface area contributed by atoms with Crippen molar-refractivity contribution in [1.82, 2.24) is 4.31 Å². The fraction of sp³-hybridized carbons (Fsp3) is 0.250. The van der Waals surface area contributed by atoms with Gasteiger partial charge in [-0.3, -0.25) is 4.79 Å². The summed E-state index contributed by atoms with van der Waals surface area (Å²) in [4.78, 5) is 12.8. The molecule has 3 aromatic rings. The van der Waals surface area contributed by atoms with Crippen LogP contribution in [0.3, 0.4) is 0 Å². The van der Waals surface area contributed by atoms with Crippen molar-refractivity contribution in [3.8, 4) is 17.2 Å². The highest BCUT2D eigenvalue weighted by atomic mass is 79.9. The Balaban J connectivity index is 1.78. The van der Waals surface area contributed by atoms with E-state index in [4.69, 9.17) is 14.2 Å². The number of anilines is 1. The third-order valence-electron chi connectivity index (χ3n) is 5.68. The molecule has 1 N–H and O–H groups in total. The lowest BCUT2D eigenvalue weighted by Gasteiger charge is -2.19. The molecule has 0 aliphatic rings. The summed E-state index contributed by atoms with van der Waals surface area (Å²) in [6.07, 6.45) is 2.96. The SMILES string of the molecule is CCN(CC)S(=O)(=O)c1ccc(OC)c(NC(=O)/C=C/c2cc(Br)c(OCc3ccccc3)c(OC)c2)c1. The van der Waals surface area contributed by atoms with E-state index < -0.39 is 15.9 Å². The zero-order valence-electron chi connectivity index (χ0n) is 21.7. The molecule has 1 amide bonds. The summed E-state index contributed by atoms with van der Waals surface area (Å²) in [5.41, 5.74) is 1.96. The monoisotopic (exact) mass is 602 g/mol. The Hall–Kier alpha value is -3.34. The summed E-state index contributed by atoms with van der Waals surface area (Å²) < 4.78 is 44.6. The molecule has 0 bridgehead atoms. The molecule has 8 nitrogen and oxygen atoms in total. The third-order valence-corrected chi connectivity index (χ3v) is 8.31. The largest absolute Gasteiger partial charge is 0.495 e. The molecule has 38 heavy (non-hydrogen) atoms. The van der Waals surface area contributed by atoms with E-state index in [1.54, 1.807) is 33.1 Å². The van der Waals surface area contributed by atoms with Crippen molar-refractivity contribution in [2.75, 3.05) is 32.6 Å². The number of nitrogens with one attached hydrogen (secondary N) is 1. The van der Waals surface area contributed by atoms with Crippen molar-refractivity contribution in [3.63, 3.8) is 0 Å². The second-order valence-electron chi connectivity index (χ2n) is 8.08. The van der Waals surface area contributed by atoms with Crippen LogP contribution in [0.1, 0.15) is 25.0 Å². The minimum absolute atomic E-state index is 0.0704. The molecule has 0 aliphatic carbocycles. The number of hydrogen-bond donors (Lipinski definition) is 1. The van der Waals surface area contributed by atoms with Gasteiger partial charge in [0.25, 0.3) is 0 Å². The molecule has 0 unspecified atom stereocenters. The summed E-state index contributed by atoms with van der Waals surface area (Å²) in [5, 5.41) is 2.71. The summed E-state index contributed by atoms with van der Waals surface area (Å²) in [5.74, 6) is 0.940. The molecule has 0 saturated carbocycles. The molecule has 0 atom stereocenters. The van der Waals surface area contributed by atoms with E-state index in [0.717, 1.165) is 5.56 Å². The van der Waals surface area contributed by atoms with Crippen LogP contribution in [-0.4, -0.2) is 45.9 Å². The minimum atomic E-state index is -3.70. The van der Waals surface area contributed by atoms with Crippen LogP contribution in [0.15, 0.2) is 76.1 Å². The number of halogens is 1. The summed E-state index contributed by atoms with van der Waals surface area (Å²) in [7, 11) is -0.708. The highest BCUT2D eigenvalue weighted by Gasteiger charge is 2.23. The van der Waals surface area contributed by atoms with Crippen LogP contribution < -0.4 is 19.5 Å². The topological polar surface area (TPSA) is 94.2 Å². The third kappa shape index (κ3) is 7.15. The normalized spacial score (nSPS) is 11.5. The number of carbonyl (C=O) groups excluding carboxylic acids is 1. The lowest BCUT2D eigenvalue weighted by atomic mass is 10.2. The van der Waals surface area contributed by atoms with Gasteiger partial charge in [-0.2, -0.15) is 4.31 Å². The van der Waals surface area contributed by atoms with E-state index in [1.165, 1.54) is 35.7 Å². The summed E-state index contributed by atoms with van der Waals surface area (Å²) in [6, 6.07) is 17.7. The lowest BCUT2D eigenvalue weighted by molar-refractivity contribution is -0.111. The Kier molecular flexibility index (Phi) is 10.3. The van der Waals surface area contributed by atoms with E-state index >= 15 is 0 Å². The van der Waals surface area contributed by atoms with Gasteiger partial charge in [0.2, 0.25) is 15.9 Å². The molecule has 3 rings (SSSR count). The van der Waals surface area contributed by atoms with Crippen LogP contribution in [0.2, 0.25) is 0 Å². The first-order valence-electron chi connectivity index (χ1n) is 11.9. The fourth-order valence-corrected chi connectivity index (χ4v) is 5.77. The molecule has 0 radical (unpaired) electrons. The van der Waals surface area contributed by atoms with Crippen LogP contribution in [-0.2, 0) is 21.4 Å². The lowest BCUT2D eigenvalue weighted by Crippen LogP contribution is -2.30. The first-order chi connectivity index (χ1) is 18.2. The number of benzene rings is 3. The van der Waals surface area contributed by atoms with Crippen LogP contribution in [0.25, 0.3) is 6.08 Å². The van der Waals surface area contributed by atoms with Gasteiger partial charge in [-0.05, 0) is 63.5 Å². The molecule has 0 aliphatic heterocycles. The molecule has 0 spiro atoms. The Morgan fingerprint density at radius 1 is 0.974 bits per heavy atom. The standard InChI is InChI=1S/C28H31BrN2O6S/c1-5-31(6-2)38(33,34)22-13-14-25(35-3)24(18-22)30-27(32)15-12-21-16-23(29)28(26(17-21)36-4)37-19-20-10-8-7-9-11-20/h7-18H,5-6,19H2,1-4H3,(H,30,32)/b15-12+. The molecule has 202 valence electrons. The number of nitrogens with zero attached hydrogens (tertiary/aromatic N) is 1. The number of carbonyl (C=O) groups is 1. The molecule has 0 aromatic heterocycles. The van der Waals surface area contributed by atoms with Gasteiger partial charge in [0, 0.05) is 19.2 Å². The van der Waals surface area contributed by atoms with Crippen LogP contribution >= 0.6 is 15.9 Å². The van der Waals surface area contributed by atoms with Gasteiger partial charge in [-0.15, -0.1) is 0 Å². The second-order valence-corrected chi connectivity index (χ2v) is 10.9. The maximum atomic E-state index is 12.9. The van der Waals surface area contributed by atoms with Crippen molar-refractivity contribution in [3.05, 3.63) is 82.3 Å². The summed E-state index contributed by atoms with van der Waals surface area (Å²) >= 11 is 3.53. The zero-order chi connectivity index (χ0) is 27.7. The van der Waals surface area contributed by atoms with Gasteiger partial charge in [-0.1, -0.05) is 44.2 Å². The zero-order valence-corrected chi connectivity index (χ0v) is 24.1. The molecular weight excluding hydrogens is 572 g/mol. The molecule has 0 fully saturated rings. The molecule has 10 heteroatoms. The Labute approximate surface area is 232 Å². The van der Waals surface area contributed by atoms with Gasteiger partial charge in [0.05, 0.1) is 29.3 Å². The van der Waals surface area contributed by atoms with Crippen LogP contribution in [0, 0.1) is 0 Å². The smallest absolute Gasteiger partial charge is 0.248 e. The molecule has 0 heterocycles.